The Morgan fingerprint density at radius 1 is 1.14 bits per heavy atom. The number of para-hydroxylation sites is 1. The molecule has 22 heavy (non-hydrogen) atoms. The first-order valence-electron chi connectivity index (χ1n) is 7.46. The van der Waals surface area contributed by atoms with Gasteiger partial charge in [-0.25, -0.2) is 0 Å². The van der Waals surface area contributed by atoms with Crippen LogP contribution in [0.1, 0.15) is 40.1 Å². The summed E-state index contributed by atoms with van der Waals surface area (Å²) in [7, 11) is 0. The Morgan fingerprint density at radius 2 is 1.91 bits per heavy atom. The van der Waals surface area contributed by atoms with Crippen molar-refractivity contribution in [3.8, 4) is 0 Å². The van der Waals surface area contributed by atoms with Crippen LogP contribution in [0.4, 0.5) is 11.4 Å². The Hall–Kier alpha value is -2.53. The topological polar surface area (TPSA) is 84.4 Å². The van der Waals surface area contributed by atoms with Crippen molar-refractivity contribution in [2.75, 3.05) is 17.2 Å². The molecule has 2 aliphatic rings. The summed E-state index contributed by atoms with van der Waals surface area (Å²) in [6, 6.07) is 13.4. The molecule has 0 unspecified atom stereocenters. The van der Waals surface area contributed by atoms with Crippen molar-refractivity contribution in [3.05, 3.63) is 59.2 Å². The molecule has 0 aliphatic carbocycles. The predicted molar refractivity (Wildman–Crippen MR) is 86.4 cm³/mol. The Bertz CT molecular complexity index is 741. The molecule has 1 amide bonds. The predicted octanol–water partition coefficient (Wildman–Crippen LogP) is 1.92. The van der Waals surface area contributed by atoms with Crippen LogP contribution >= 0.6 is 0 Å². The van der Waals surface area contributed by atoms with Crippen LogP contribution in [0.15, 0.2) is 42.5 Å². The van der Waals surface area contributed by atoms with Crippen LogP contribution in [0.3, 0.4) is 0 Å². The fourth-order valence-corrected chi connectivity index (χ4v) is 3.39. The summed E-state index contributed by atoms with van der Waals surface area (Å²) in [5, 5.41) is 3.09. The highest BCUT2D eigenvalue weighted by atomic mass is 16.2. The van der Waals surface area contributed by atoms with Gasteiger partial charge in [0.05, 0.1) is 11.3 Å². The Balaban J connectivity index is 1.85. The van der Waals surface area contributed by atoms with E-state index in [0.717, 1.165) is 29.8 Å². The van der Waals surface area contributed by atoms with Gasteiger partial charge in [0.1, 0.15) is 6.17 Å². The van der Waals surface area contributed by atoms with Crippen molar-refractivity contribution in [3.63, 3.8) is 0 Å². The zero-order valence-electron chi connectivity index (χ0n) is 12.1. The fraction of sp³-hybridized carbons (Fsp3) is 0.235. The molecule has 2 atom stereocenters. The van der Waals surface area contributed by atoms with Crippen LogP contribution in [0.2, 0.25) is 0 Å². The number of nitrogens with one attached hydrogen (secondary N) is 1. The van der Waals surface area contributed by atoms with Crippen molar-refractivity contribution in [2.45, 2.75) is 18.6 Å². The van der Waals surface area contributed by atoms with Crippen molar-refractivity contribution >= 4 is 17.3 Å². The average Bonchev–Trinajstić information content (AvgIpc) is 2.53. The molecule has 0 saturated heterocycles. The number of benzene rings is 2. The summed E-state index contributed by atoms with van der Waals surface area (Å²) in [6.45, 7) is 0.820. The van der Waals surface area contributed by atoms with E-state index < -0.39 is 0 Å². The maximum Gasteiger partial charge on any atom is 0.255 e. The SMILES string of the molecule is Nc1ccc([C@@H]2NC(=O)c3cccc4c3N2CC[C@H]4N)cc1. The monoisotopic (exact) mass is 294 g/mol. The van der Waals surface area contributed by atoms with Crippen molar-refractivity contribution in [1.82, 2.24) is 5.32 Å². The summed E-state index contributed by atoms with van der Waals surface area (Å²) in [4.78, 5) is 14.7. The van der Waals surface area contributed by atoms with Crippen LogP contribution < -0.4 is 21.7 Å². The van der Waals surface area contributed by atoms with Crippen LogP contribution in [0.5, 0.6) is 0 Å². The van der Waals surface area contributed by atoms with E-state index in [1.54, 1.807) is 0 Å². The number of anilines is 2. The van der Waals surface area contributed by atoms with Gasteiger partial charge in [-0.1, -0.05) is 24.3 Å². The van der Waals surface area contributed by atoms with Gasteiger partial charge >= 0.3 is 0 Å². The van der Waals surface area contributed by atoms with Crippen LogP contribution in [0, 0.1) is 0 Å². The van der Waals surface area contributed by atoms with E-state index in [9.17, 15) is 4.79 Å². The van der Waals surface area contributed by atoms with Gasteiger partial charge in [-0.15, -0.1) is 0 Å². The number of amides is 1. The molecule has 5 heteroatoms. The van der Waals surface area contributed by atoms with Crippen LogP contribution in [-0.4, -0.2) is 12.5 Å². The first-order valence-corrected chi connectivity index (χ1v) is 7.46. The summed E-state index contributed by atoms with van der Waals surface area (Å²) in [5.74, 6) is -0.0518. The number of rotatable bonds is 1. The van der Waals surface area contributed by atoms with E-state index >= 15 is 0 Å². The number of nitrogens with zero attached hydrogens (tertiary/aromatic N) is 1. The Kier molecular flexibility index (Phi) is 2.84. The number of carbonyl (C=O) groups is 1. The Morgan fingerprint density at radius 3 is 2.68 bits per heavy atom. The minimum Gasteiger partial charge on any atom is -0.399 e. The molecular weight excluding hydrogens is 276 g/mol. The van der Waals surface area contributed by atoms with Crippen LogP contribution in [-0.2, 0) is 0 Å². The number of hydrogen-bond acceptors (Lipinski definition) is 4. The summed E-state index contributed by atoms with van der Waals surface area (Å²) in [5.41, 5.74) is 16.5. The second-order valence-electron chi connectivity index (χ2n) is 5.87. The molecule has 5 N–H and O–H groups in total. The third-order valence-corrected chi connectivity index (χ3v) is 4.51. The molecule has 0 aromatic heterocycles. The number of nitrogen functional groups attached to an aromatic ring is 1. The zero-order chi connectivity index (χ0) is 15.3. The van der Waals surface area contributed by atoms with Gasteiger partial charge in [0, 0.05) is 18.3 Å². The number of hydrogen-bond donors (Lipinski definition) is 3. The largest absolute Gasteiger partial charge is 0.399 e. The number of carbonyl (C=O) groups excluding carboxylic acids is 1. The van der Waals surface area contributed by atoms with E-state index in [0.29, 0.717) is 11.3 Å². The molecule has 2 heterocycles. The average molecular weight is 294 g/mol. The lowest BCUT2D eigenvalue weighted by atomic mass is 9.90. The van der Waals surface area contributed by atoms with Gasteiger partial charge in [0.2, 0.25) is 0 Å². The molecular formula is C17H18N4O. The van der Waals surface area contributed by atoms with Crippen molar-refractivity contribution in [2.24, 2.45) is 5.73 Å². The third-order valence-electron chi connectivity index (χ3n) is 4.51. The third kappa shape index (κ3) is 1.86. The van der Waals surface area contributed by atoms with Crippen molar-refractivity contribution < 1.29 is 4.79 Å². The maximum absolute atomic E-state index is 12.5. The normalized spacial score (nSPS) is 23.0. The van der Waals surface area contributed by atoms with E-state index in [4.69, 9.17) is 11.5 Å². The molecule has 4 rings (SSSR count). The minimum atomic E-state index is -0.172. The molecule has 5 nitrogen and oxygen atoms in total. The van der Waals surface area contributed by atoms with Gasteiger partial charge in [-0.2, -0.15) is 0 Å². The minimum absolute atomic E-state index is 0.0100. The van der Waals surface area contributed by atoms with Crippen LogP contribution in [0.25, 0.3) is 0 Å². The zero-order valence-corrected chi connectivity index (χ0v) is 12.1. The second-order valence-corrected chi connectivity index (χ2v) is 5.87. The molecule has 0 bridgehead atoms. The molecule has 2 aromatic carbocycles. The molecule has 0 spiro atoms. The van der Waals surface area contributed by atoms with E-state index in [1.165, 1.54) is 0 Å². The lowest BCUT2D eigenvalue weighted by Gasteiger charge is -2.44. The highest BCUT2D eigenvalue weighted by Crippen LogP contribution is 2.41. The first-order chi connectivity index (χ1) is 10.6. The summed E-state index contributed by atoms with van der Waals surface area (Å²) < 4.78 is 0. The lowest BCUT2D eigenvalue weighted by molar-refractivity contribution is 0.0925. The van der Waals surface area contributed by atoms with Gasteiger partial charge < -0.3 is 21.7 Å². The molecule has 112 valence electrons. The van der Waals surface area contributed by atoms with Gasteiger partial charge in [-0.05, 0) is 35.7 Å². The van der Waals surface area contributed by atoms with Gasteiger partial charge in [-0.3, -0.25) is 4.79 Å². The molecule has 2 aromatic rings. The van der Waals surface area contributed by atoms with E-state index in [-0.39, 0.29) is 18.1 Å². The first kappa shape index (κ1) is 13.2. The quantitative estimate of drug-likeness (QED) is 0.702. The summed E-state index contributed by atoms with van der Waals surface area (Å²) in [6.07, 6.45) is 0.701. The van der Waals surface area contributed by atoms with E-state index in [2.05, 4.69) is 10.2 Å². The molecule has 0 radical (unpaired) electrons. The lowest BCUT2D eigenvalue weighted by Crippen LogP contribution is -2.49. The maximum atomic E-state index is 12.5. The van der Waals surface area contributed by atoms with Gasteiger partial charge in [0.25, 0.3) is 5.91 Å². The highest BCUT2D eigenvalue weighted by molar-refractivity contribution is 6.03. The Labute approximate surface area is 128 Å². The standard InChI is InChI=1S/C17H18N4O/c18-11-6-4-10(5-7-11)16-20-17(22)13-3-1-2-12-14(19)8-9-21(16)15(12)13/h1-7,14,16H,8-9,18-19H2,(H,20,22)/t14-,16-/m1/s1. The second kappa shape index (κ2) is 4.74. The van der Waals surface area contributed by atoms with Crippen molar-refractivity contribution in [1.29, 1.82) is 0 Å². The van der Waals surface area contributed by atoms with Gasteiger partial charge in [0.15, 0.2) is 0 Å². The fourth-order valence-electron chi connectivity index (χ4n) is 3.39. The highest BCUT2D eigenvalue weighted by Gasteiger charge is 2.36. The summed E-state index contributed by atoms with van der Waals surface area (Å²) >= 11 is 0. The molecule has 0 saturated carbocycles. The molecule has 2 aliphatic heterocycles. The molecule has 0 fully saturated rings. The smallest absolute Gasteiger partial charge is 0.255 e. The number of nitrogens with two attached hydrogens (primary N) is 2. The van der Waals surface area contributed by atoms with E-state index in [1.807, 2.05) is 42.5 Å².